The Morgan fingerprint density at radius 2 is 1.89 bits per heavy atom. The molecule has 0 radical (unpaired) electrons. The van der Waals surface area contributed by atoms with E-state index in [4.69, 9.17) is 0 Å². The Balaban J connectivity index is 2.41. The molecule has 19 heavy (non-hydrogen) atoms. The molecule has 1 unspecified atom stereocenters. The minimum Gasteiger partial charge on any atom is -0.393 e. The predicted octanol–water partition coefficient (Wildman–Crippen LogP) is 2.91. The highest BCUT2D eigenvalue weighted by Gasteiger charge is 2.20. The van der Waals surface area contributed by atoms with Crippen molar-refractivity contribution in [2.75, 3.05) is 11.9 Å². The summed E-state index contributed by atoms with van der Waals surface area (Å²) in [4.78, 5) is 11.7. The Morgan fingerprint density at radius 1 is 1.32 bits per heavy atom. The van der Waals surface area contributed by atoms with Gasteiger partial charge in [0.05, 0.1) is 6.10 Å². The van der Waals surface area contributed by atoms with Gasteiger partial charge in [0.2, 0.25) is 0 Å². The highest BCUT2D eigenvalue weighted by Crippen LogP contribution is 2.21. The highest BCUT2D eigenvalue weighted by atomic mass is 16.3. The molecule has 0 saturated heterocycles. The van der Waals surface area contributed by atoms with Crippen LogP contribution in [0.15, 0.2) is 24.3 Å². The maximum Gasteiger partial charge on any atom is 0.319 e. The Morgan fingerprint density at radius 3 is 2.42 bits per heavy atom. The molecule has 0 aliphatic carbocycles. The number of rotatable bonds is 5. The van der Waals surface area contributed by atoms with Crippen LogP contribution in [-0.2, 0) is 0 Å². The van der Waals surface area contributed by atoms with E-state index in [1.807, 2.05) is 45.0 Å². The maximum atomic E-state index is 11.7. The van der Waals surface area contributed by atoms with Gasteiger partial charge >= 0.3 is 6.03 Å². The predicted molar refractivity (Wildman–Crippen MR) is 78.3 cm³/mol. The van der Waals surface area contributed by atoms with Gasteiger partial charge in [-0.3, -0.25) is 0 Å². The molecule has 0 fully saturated rings. The van der Waals surface area contributed by atoms with Gasteiger partial charge in [0.1, 0.15) is 0 Å². The molecule has 0 spiro atoms. The quantitative estimate of drug-likeness (QED) is 0.765. The van der Waals surface area contributed by atoms with Crippen LogP contribution in [0.3, 0.4) is 0 Å². The number of aryl methyl sites for hydroxylation is 1. The largest absolute Gasteiger partial charge is 0.393 e. The zero-order valence-electron chi connectivity index (χ0n) is 12.2. The molecule has 0 heterocycles. The summed E-state index contributed by atoms with van der Waals surface area (Å²) in [5, 5.41) is 15.0. The van der Waals surface area contributed by atoms with E-state index in [2.05, 4.69) is 10.6 Å². The number of carbonyl (C=O) groups excluding carboxylic acids is 1. The first-order chi connectivity index (χ1) is 8.78. The van der Waals surface area contributed by atoms with E-state index in [-0.39, 0.29) is 17.6 Å². The van der Waals surface area contributed by atoms with Crippen LogP contribution < -0.4 is 10.6 Å². The van der Waals surface area contributed by atoms with Crippen LogP contribution in [0.5, 0.6) is 0 Å². The van der Waals surface area contributed by atoms with E-state index in [0.717, 1.165) is 11.3 Å². The molecular weight excluding hydrogens is 240 g/mol. The van der Waals surface area contributed by atoms with Crippen molar-refractivity contribution in [2.45, 2.75) is 40.2 Å². The van der Waals surface area contributed by atoms with Gasteiger partial charge in [-0.25, -0.2) is 4.79 Å². The van der Waals surface area contributed by atoms with Crippen molar-refractivity contribution in [3.63, 3.8) is 0 Å². The van der Waals surface area contributed by atoms with Gasteiger partial charge in [-0.15, -0.1) is 0 Å². The summed E-state index contributed by atoms with van der Waals surface area (Å²) in [5.74, 6) is 0. The number of aliphatic hydroxyl groups is 1. The second kappa shape index (κ2) is 6.57. The molecule has 1 atom stereocenters. The molecule has 4 nitrogen and oxygen atoms in total. The zero-order chi connectivity index (χ0) is 14.5. The Labute approximate surface area is 115 Å². The van der Waals surface area contributed by atoms with Gasteiger partial charge in [-0.05, 0) is 37.8 Å². The van der Waals surface area contributed by atoms with Crippen molar-refractivity contribution in [1.82, 2.24) is 5.32 Å². The van der Waals surface area contributed by atoms with E-state index in [9.17, 15) is 9.90 Å². The number of hydrogen-bond acceptors (Lipinski definition) is 2. The number of amides is 2. The molecular formula is C15H24N2O2. The minimum absolute atomic E-state index is 0.126. The van der Waals surface area contributed by atoms with Gasteiger partial charge in [-0.1, -0.05) is 31.5 Å². The van der Waals surface area contributed by atoms with Crippen molar-refractivity contribution in [2.24, 2.45) is 5.41 Å². The second-order valence-electron chi connectivity index (χ2n) is 5.89. The summed E-state index contributed by atoms with van der Waals surface area (Å²) in [7, 11) is 0. The number of carbonyl (C=O) groups is 1. The molecule has 0 saturated carbocycles. The van der Waals surface area contributed by atoms with Gasteiger partial charge in [-0.2, -0.15) is 0 Å². The third-order valence-corrected chi connectivity index (χ3v) is 2.88. The smallest absolute Gasteiger partial charge is 0.319 e. The van der Waals surface area contributed by atoms with Gasteiger partial charge in [0.15, 0.2) is 0 Å². The highest BCUT2D eigenvalue weighted by molar-refractivity contribution is 5.89. The lowest BCUT2D eigenvalue weighted by Crippen LogP contribution is -2.38. The third kappa shape index (κ3) is 6.25. The monoisotopic (exact) mass is 264 g/mol. The van der Waals surface area contributed by atoms with Crippen LogP contribution in [0, 0.1) is 12.3 Å². The molecule has 2 amide bonds. The summed E-state index contributed by atoms with van der Waals surface area (Å²) < 4.78 is 0. The molecule has 0 aliphatic heterocycles. The van der Waals surface area contributed by atoms with E-state index in [1.54, 1.807) is 6.92 Å². The van der Waals surface area contributed by atoms with Gasteiger partial charge in [0.25, 0.3) is 0 Å². The third-order valence-electron chi connectivity index (χ3n) is 2.88. The minimum atomic E-state index is -0.364. The lowest BCUT2D eigenvalue weighted by molar-refractivity contribution is 0.129. The van der Waals surface area contributed by atoms with Crippen LogP contribution in [0.25, 0.3) is 0 Å². The van der Waals surface area contributed by atoms with E-state index in [1.165, 1.54) is 0 Å². The zero-order valence-corrected chi connectivity index (χ0v) is 12.2. The lowest BCUT2D eigenvalue weighted by Gasteiger charge is -2.26. The summed E-state index contributed by atoms with van der Waals surface area (Å²) in [6.07, 6.45) is 0.287. The first-order valence-electron chi connectivity index (χ1n) is 6.58. The normalized spacial score (nSPS) is 12.9. The van der Waals surface area contributed by atoms with Gasteiger partial charge < -0.3 is 15.7 Å². The standard InChI is InChI=1S/C15H24N2O2/c1-11-5-7-13(8-6-11)17-14(19)16-10-15(3,4)9-12(2)18/h5-8,12,18H,9-10H2,1-4H3,(H2,16,17,19). The Kier molecular flexibility index (Phi) is 5.36. The molecule has 1 aromatic carbocycles. The Bertz CT molecular complexity index is 411. The van der Waals surface area contributed by atoms with E-state index in [0.29, 0.717) is 13.0 Å². The SMILES string of the molecule is Cc1ccc(NC(=O)NCC(C)(C)CC(C)O)cc1. The van der Waals surface area contributed by atoms with Crippen molar-refractivity contribution in [3.8, 4) is 0 Å². The van der Waals surface area contributed by atoms with Crippen molar-refractivity contribution >= 4 is 11.7 Å². The van der Waals surface area contributed by atoms with E-state index < -0.39 is 0 Å². The fourth-order valence-corrected chi connectivity index (χ4v) is 2.00. The molecule has 0 aromatic heterocycles. The molecule has 4 heteroatoms. The van der Waals surface area contributed by atoms with Crippen LogP contribution >= 0.6 is 0 Å². The summed E-state index contributed by atoms with van der Waals surface area (Å²) >= 11 is 0. The fourth-order valence-electron chi connectivity index (χ4n) is 2.00. The number of urea groups is 1. The number of hydrogen-bond donors (Lipinski definition) is 3. The lowest BCUT2D eigenvalue weighted by atomic mass is 9.87. The molecule has 1 rings (SSSR count). The fraction of sp³-hybridized carbons (Fsp3) is 0.533. The van der Waals surface area contributed by atoms with Crippen LogP contribution in [0.1, 0.15) is 32.8 Å². The van der Waals surface area contributed by atoms with Crippen molar-refractivity contribution in [1.29, 1.82) is 0 Å². The first kappa shape index (κ1) is 15.5. The number of benzene rings is 1. The number of aliphatic hydroxyl groups excluding tert-OH is 1. The maximum absolute atomic E-state index is 11.7. The summed E-state index contributed by atoms with van der Waals surface area (Å²) in [5.41, 5.74) is 1.80. The molecule has 1 aromatic rings. The van der Waals surface area contributed by atoms with E-state index >= 15 is 0 Å². The number of nitrogens with one attached hydrogen (secondary N) is 2. The number of anilines is 1. The molecule has 3 N–H and O–H groups in total. The molecule has 0 aliphatic rings. The Hall–Kier alpha value is -1.55. The van der Waals surface area contributed by atoms with Crippen molar-refractivity contribution < 1.29 is 9.90 Å². The first-order valence-corrected chi connectivity index (χ1v) is 6.58. The van der Waals surface area contributed by atoms with Crippen LogP contribution in [-0.4, -0.2) is 23.8 Å². The van der Waals surface area contributed by atoms with Crippen LogP contribution in [0.4, 0.5) is 10.5 Å². The average molecular weight is 264 g/mol. The summed E-state index contributed by atoms with van der Waals surface area (Å²) in [6.45, 7) is 8.32. The molecule has 106 valence electrons. The second-order valence-corrected chi connectivity index (χ2v) is 5.89. The van der Waals surface area contributed by atoms with Crippen LogP contribution in [0.2, 0.25) is 0 Å². The summed E-state index contributed by atoms with van der Waals surface area (Å²) in [6, 6.07) is 7.42. The average Bonchev–Trinajstić information content (AvgIpc) is 2.28. The van der Waals surface area contributed by atoms with Crippen molar-refractivity contribution in [3.05, 3.63) is 29.8 Å². The van der Waals surface area contributed by atoms with Gasteiger partial charge in [0, 0.05) is 12.2 Å². The molecule has 0 bridgehead atoms. The topological polar surface area (TPSA) is 61.4 Å².